The Morgan fingerprint density at radius 3 is 2.47 bits per heavy atom. The van der Waals surface area contributed by atoms with Crippen molar-refractivity contribution in [2.45, 2.75) is 51.0 Å². The Kier molecular flexibility index (Phi) is 7.98. The highest BCUT2D eigenvalue weighted by atomic mass is 32.1. The number of hydrogen-bond acceptors (Lipinski definition) is 5. The summed E-state index contributed by atoms with van der Waals surface area (Å²) in [6.45, 7) is 3.88. The van der Waals surface area contributed by atoms with Gasteiger partial charge in [0.25, 0.3) is 5.91 Å². The number of amides is 2. The summed E-state index contributed by atoms with van der Waals surface area (Å²) < 4.78 is 18.7. The van der Waals surface area contributed by atoms with Gasteiger partial charge in [0, 0.05) is 19.6 Å². The molecule has 0 saturated carbocycles. The molecule has 2 aromatic rings. The predicted octanol–water partition coefficient (Wildman–Crippen LogP) is 4.47. The van der Waals surface area contributed by atoms with Crippen molar-refractivity contribution in [2.24, 2.45) is 5.92 Å². The first-order chi connectivity index (χ1) is 16.5. The summed E-state index contributed by atoms with van der Waals surface area (Å²) in [6, 6.07) is 9.57. The topological polar surface area (TPSA) is 66.9 Å². The number of carbonyl (C=O) groups is 3. The van der Waals surface area contributed by atoms with Gasteiger partial charge in [0.15, 0.2) is 0 Å². The molecule has 4 rings (SSSR count). The normalized spacial score (nSPS) is 19.8. The highest BCUT2D eigenvalue weighted by Gasteiger charge is 2.39. The summed E-state index contributed by atoms with van der Waals surface area (Å²) in [4.78, 5) is 42.8. The number of esters is 1. The van der Waals surface area contributed by atoms with Crippen molar-refractivity contribution in [3.63, 3.8) is 0 Å². The maximum absolute atomic E-state index is 13.5. The van der Waals surface area contributed by atoms with Crippen LogP contribution >= 0.6 is 11.3 Å². The van der Waals surface area contributed by atoms with Gasteiger partial charge in [-0.15, -0.1) is 11.3 Å². The molecule has 2 aliphatic rings. The van der Waals surface area contributed by atoms with E-state index in [9.17, 15) is 18.8 Å². The number of rotatable bonds is 7. The summed E-state index contributed by atoms with van der Waals surface area (Å²) in [5.41, 5.74) is 0.919. The first-order valence-corrected chi connectivity index (χ1v) is 12.9. The van der Waals surface area contributed by atoms with Gasteiger partial charge in [-0.3, -0.25) is 14.4 Å². The maximum Gasteiger partial charge on any atom is 0.306 e. The molecule has 0 unspecified atom stereocenters. The van der Waals surface area contributed by atoms with Crippen molar-refractivity contribution in [1.29, 1.82) is 0 Å². The number of ether oxygens (including phenoxy) is 1. The molecule has 2 atom stereocenters. The second-order valence-electron chi connectivity index (χ2n) is 8.96. The molecule has 8 heteroatoms. The predicted molar refractivity (Wildman–Crippen MR) is 128 cm³/mol. The summed E-state index contributed by atoms with van der Waals surface area (Å²) in [5, 5.41) is 1.87. The van der Waals surface area contributed by atoms with E-state index in [1.807, 2.05) is 16.3 Å². The fraction of sp³-hybridized carbons (Fsp3) is 0.500. The lowest BCUT2D eigenvalue weighted by Crippen LogP contribution is -2.50. The first-order valence-electron chi connectivity index (χ1n) is 12.0. The lowest BCUT2D eigenvalue weighted by molar-refractivity contribution is -0.144. The summed E-state index contributed by atoms with van der Waals surface area (Å²) in [6.07, 6.45) is 3.26. The summed E-state index contributed by atoms with van der Waals surface area (Å²) >= 11 is 1.40. The maximum atomic E-state index is 13.5. The molecule has 182 valence electrons. The highest BCUT2D eigenvalue weighted by Crippen LogP contribution is 2.36. The molecule has 2 fully saturated rings. The Balaban J connectivity index is 1.41. The fourth-order valence-electron chi connectivity index (χ4n) is 5.21. The Morgan fingerprint density at radius 1 is 1.09 bits per heavy atom. The number of halogens is 1. The van der Waals surface area contributed by atoms with Crippen molar-refractivity contribution in [2.75, 3.05) is 26.2 Å². The molecular formula is C26H31FN2O4S. The Morgan fingerprint density at radius 2 is 1.82 bits per heavy atom. The Labute approximate surface area is 203 Å². The van der Waals surface area contributed by atoms with Gasteiger partial charge in [-0.2, -0.15) is 0 Å². The first kappa shape index (κ1) is 24.4. The van der Waals surface area contributed by atoms with Crippen LogP contribution in [0.1, 0.15) is 60.2 Å². The molecule has 0 aliphatic carbocycles. The lowest BCUT2D eigenvalue weighted by atomic mass is 9.78. The van der Waals surface area contributed by atoms with Crippen LogP contribution in [0, 0.1) is 11.7 Å². The minimum absolute atomic E-state index is 0.0181. The average Bonchev–Trinajstić information content (AvgIpc) is 3.55. The van der Waals surface area contributed by atoms with E-state index in [-0.39, 0.29) is 41.9 Å². The lowest BCUT2D eigenvalue weighted by Gasteiger charge is -2.38. The smallest absolute Gasteiger partial charge is 0.306 e. The molecule has 6 nitrogen and oxygen atoms in total. The average molecular weight is 487 g/mol. The molecule has 3 heterocycles. The minimum Gasteiger partial charge on any atom is -0.466 e. The molecule has 0 bridgehead atoms. The van der Waals surface area contributed by atoms with Gasteiger partial charge in [-0.05, 0) is 73.6 Å². The molecule has 2 amide bonds. The zero-order valence-electron chi connectivity index (χ0n) is 19.5. The van der Waals surface area contributed by atoms with Crippen molar-refractivity contribution in [3.8, 4) is 0 Å². The van der Waals surface area contributed by atoms with Gasteiger partial charge in [-0.25, -0.2) is 4.39 Å². The quantitative estimate of drug-likeness (QED) is 0.542. The van der Waals surface area contributed by atoms with Crippen molar-refractivity contribution in [3.05, 3.63) is 58.0 Å². The third kappa shape index (κ3) is 5.49. The monoisotopic (exact) mass is 486 g/mol. The van der Waals surface area contributed by atoms with Crippen LogP contribution in [0.5, 0.6) is 0 Å². The van der Waals surface area contributed by atoms with E-state index < -0.39 is 6.04 Å². The van der Waals surface area contributed by atoms with E-state index in [1.165, 1.54) is 23.5 Å². The Bertz CT molecular complexity index is 987. The van der Waals surface area contributed by atoms with E-state index in [1.54, 1.807) is 30.0 Å². The number of thiophene rings is 1. The van der Waals surface area contributed by atoms with Crippen LogP contribution in [0.4, 0.5) is 4.39 Å². The molecule has 34 heavy (non-hydrogen) atoms. The third-order valence-corrected chi connectivity index (χ3v) is 7.80. The van der Waals surface area contributed by atoms with E-state index in [2.05, 4.69) is 0 Å². The minimum atomic E-state index is -0.404. The van der Waals surface area contributed by atoms with Crippen LogP contribution in [0.25, 0.3) is 0 Å². The number of carbonyl (C=O) groups excluding carboxylic acids is 3. The summed E-state index contributed by atoms with van der Waals surface area (Å²) in [7, 11) is 0. The number of likely N-dealkylation sites (tertiary alicyclic amines) is 2. The van der Waals surface area contributed by atoms with Gasteiger partial charge in [-0.1, -0.05) is 18.2 Å². The molecule has 0 N–H and O–H groups in total. The molecule has 0 spiro atoms. The van der Waals surface area contributed by atoms with E-state index >= 15 is 0 Å². The summed E-state index contributed by atoms with van der Waals surface area (Å²) in [5.74, 6) is -0.510. The van der Waals surface area contributed by atoms with Gasteiger partial charge in [0.05, 0.1) is 17.9 Å². The zero-order chi connectivity index (χ0) is 24.1. The number of piperidine rings is 1. The molecule has 2 saturated heterocycles. The van der Waals surface area contributed by atoms with Crippen molar-refractivity contribution in [1.82, 2.24) is 9.80 Å². The fourth-order valence-corrected chi connectivity index (χ4v) is 5.89. The van der Waals surface area contributed by atoms with Crippen LogP contribution in [0.3, 0.4) is 0 Å². The van der Waals surface area contributed by atoms with Crippen LogP contribution in [0.2, 0.25) is 0 Å². The van der Waals surface area contributed by atoms with Gasteiger partial charge in [0.2, 0.25) is 5.91 Å². The molecule has 0 radical (unpaired) electrons. The van der Waals surface area contributed by atoms with E-state index in [4.69, 9.17) is 4.74 Å². The molecule has 1 aromatic carbocycles. The second kappa shape index (κ2) is 11.1. The SMILES string of the molecule is CCOC(=O)C[C@H](c1ccc(F)cc1)C1CCN(C(=O)[C@@H]2CCCN2C(=O)c2cccs2)CC1. The van der Waals surface area contributed by atoms with Crippen LogP contribution in [-0.2, 0) is 14.3 Å². The third-order valence-electron chi connectivity index (χ3n) is 6.94. The Hall–Kier alpha value is -2.74. The largest absolute Gasteiger partial charge is 0.466 e. The number of benzene rings is 1. The second-order valence-corrected chi connectivity index (χ2v) is 9.91. The number of hydrogen-bond donors (Lipinski definition) is 0. The van der Waals surface area contributed by atoms with Gasteiger partial charge >= 0.3 is 5.97 Å². The number of nitrogens with zero attached hydrogens (tertiary/aromatic N) is 2. The van der Waals surface area contributed by atoms with E-state index in [0.29, 0.717) is 37.5 Å². The van der Waals surface area contributed by atoms with Crippen molar-refractivity contribution < 1.29 is 23.5 Å². The van der Waals surface area contributed by atoms with Crippen LogP contribution in [0.15, 0.2) is 41.8 Å². The van der Waals surface area contributed by atoms with E-state index in [0.717, 1.165) is 24.8 Å². The zero-order valence-corrected chi connectivity index (χ0v) is 20.3. The highest BCUT2D eigenvalue weighted by molar-refractivity contribution is 7.12. The van der Waals surface area contributed by atoms with Crippen molar-refractivity contribution >= 4 is 29.1 Å². The van der Waals surface area contributed by atoms with Gasteiger partial charge in [0.1, 0.15) is 11.9 Å². The standard InChI is InChI=1S/C26H31FN2O4S/c1-2-33-24(30)17-21(18-7-9-20(27)10-8-18)19-11-14-28(15-12-19)25(31)22-5-3-13-29(22)26(32)23-6-4-16-34-23/h4,6-10,16,19,21-22H,2-3,5,11-15,17H2,1H3/t21-,22+/m1/s1. The molecule has 2 aliphatic heterocycles. The van der Waals surface area contributed by atoms with Crippen LogP contribution < -0.4 is 0 Å². The molecular weight excluding hydrogens is 455 g/mol. The van der Waals surface area contributed by atoms with Gasteiger partial charge < -0.3 is 14.5 Å². The molecule has 1 aromatic heterocycles. The van der Waals surface area contributed by atoms with Crippen LogP contribution in [-0.4, -0.2) is 59.9 Å².